The summed E-state index contributed by atoms with van der Waals surface area (Å²) >= 11 is 0. The number of anilines is 1. The normalized spacial score (nSPS) is 19.2. The molecule has 0 aromatic heterocycles. The van der Waals surface area contributed by atoms with Gasteiger partial charge in [-0.1, -0.05) is 18.2 Å². The van der Waals surface area contributed by atoms with Crippen molar-refractivity contribution < 1.29 is 19.0 Å². The molecule has 2 aliphatic rings. The molecule has 2 aromatic rings. The van der Waals surface area contributed by atoms with Gasteiger partial charge in [0.05, 0.1) is 13.2 Å². The summed E-state index contributed by atoms with van der Waals surface area (Å²) in [5, 5.41) is 9.60. The zero-order valence-electron chi connectivity index (χ0n) is 12.7. The van der Waals surface area contributed by atoms with Crippen LogP contribution in [0.5, 0.6) is 5.75 Å². The summed E-state index contributed by atoms with van der Waals surface area (Å²) < 4.78 is 24.7. The summed E-state index contributed by atoms with van der Waals surface area (Å²) in [5.41, 5.74) is 3.80. The SMILES string of the molecule is OCC1CN(Cc2cc(F)cc3c2OCOC3)c2ccccc21. The predicted octanol–water partition coefficient (Wildman–Crippen LogP) is 2.79. The molecule has 5 heteroatoms. The fourth-order valence-electron chi connectivity index (χ4n) is 3.47. The number of aliphatic hydroxyl groups is 1. The van der Waals surface area contributed by atoms with Gasteiger partial charge < -0.3 is 19.5 Å². The topological polar surface area (TPSA) is 41.9 Å². The van der Waals surface area contributed by atoms with E-state index in [-0.39, 0.29) is 25.1 Å². The van der Waals surface area contributed by atoms with Gasteiger partial charge in [0, 0.05) is 35.8 Å². The maximum Gasteiger partial charge on any atom is 0.189 e. The molecule has 0 saturated carbocycles. The quantitative estimate of drug-likeness (QED) is 0.946. The number of nitrogens with zero attached hydrogens (tertiary/aromatic N) is 1. The molecule has 1 N–H and O–H groups in total. The van der Waals surface area contributed by atoms with Crippen molar-refractivity contribution >= 4 is 5.69 Å². The first-order chi connectivity index (χ1) is 11.3. The number of hydrogen-bond donors (Lipinski definition) is 1. The molecule has 2 aromatic carbocycles. The molecule has 0 amide bonds. The van der Waals surface area contributed by atoms with Crippen LogP contribution in [0.4, 0.5) is 10.1 Å². The van der Waals surface area contributed by atoms with Crippen LogP contribution < -0.4 is 9.64 Å². The van der Waals surface area contributed by atoms with Gasteiger partial charge in [-0.25, -0.2) is 4.39 Å². The fourth-order valence-corrected chi connectivity index (χ4v) is 3.47. The van der Waals surface area contributed by atoms with E-state index in [9.17, 15) is 9.50 Å². The second kappa shape index (κ2) is 5.83. The van der Waals surface area contributed by atoms with Crippen LogP contribution in [0, 0.1) is 5.82 Å². The lowest BCUT2D eigenvalue weighted by Gasteiger charge is -2.25. The molecule has 23 heavy (non-hydrogen) atoms. The van der Waals surface area contributed by atoms with Gasteiger partial charge in [-0.2, -0.15) is 0 Å². The average molecular weight is 315 g/mol. The van der Waals surface area contributed by atoms with E-state index in [0.717, 1.165) is 34.7 Å². The van der Waals surface area contributed by atoms with Crippen LogP contribution in [0.1, 0.15) is 22.6 Å². The first-order valence-corrected chi connectivity index (χ1v) is 7.73. The minimum Gasteiger partial charge on any atom is -0.467 e. The third kappa shape index (κ3) is 2.56. The Labute approximate surface area is 134 Å². The molecular formula is C18H18FNO3. The smallest absolute Gasteiger partial charge is 0.189 e. The molecule has 1 atom stereocenters. The van der Waals surface area contributed by atoms with Gasteiger partial charge in [0.25, 0.3) is 0 Å². The van der Waals surface area contributed by atoms with Crippen LogP contribution in [0.25, 0.3) is 0 Å². The lowest BCUT2D eigenvalue weighted by molar-refractivity contribution is -0.0172. The third-order valence-corrected chi connectivity index (χ3v) is 4.49. The number of fused-ring (bicyclic) bond motifs is 2. The van der Waals surface area contributed by atoms with Crippen molar-refractivity contribution in [3.05, 3.63) is 58.9 Å². The van der Waals surface area contributed by atoms with Gasteiger partial charge in [-0.3, -0.25) is 0 Å². The molecular weight excluding hydrogens is 297 g/mol. The Morgan fingerprint density at radius 3 is 3.00 bits per heavy atom. The lowest BCUT2D eigenvalue weighted by atomic mass is 10.0. The standard InChI is InChI=1S/C18H18FNO3/c19-15-5-12(18-13(6-15)10-22-11-23-18)7-20-8-14(9-21)16-3-1-2-4-17(16)20/h1-6,14,21H,7-11H2. The molecule has 0 fully saturated rings. The van der Waals surface area contributed by atoms with E-state index in [1.807, 2.05) is 24.3 Å². The Bertz CT molecular complexity index is 734. The van der Waals surface area contributed by atoms with E-state index in [4.69, 9.17) is 9.47 Å². The number of aliphatic hydroxyl groups excluding tert-OH is 1. The minimum atomic E-state index is -0.279. The summed E-state index contributed by atoms with van der Waals surface area (Å²) in [7, 11) is 0. The van der Waals surface area contributed by atoms with Crippen LogP contribution >= 0.6 is 0 Å². The second-order valence-corrected chi connectivity index (χ2v) is 5.98. The number of para-hydroxylation sites is 1. The van der Waals surface area contributed by atoms with Gasteiger partial charge in [-0.15, -0.1) is 0 Å². The lowest BCUT2D eigenvalue weighted by Crippen LogP contribution is -2.24. The maximum absolute atomic E-state index is 13.9. The fraction of sp³-hybridized carbons (Fsp3) is 0.333. The van der Waals surface area contributed by atoms with Crippen LogP contribution in [-0.2, 0) is 17.9 Å². The molecule has 4 nitrogen and oxygen atoms in total. The van der Waals surface area contributed by atoms with Crippen molar-refractivity contribution in [2.75, 3.05) is 24.8 Å². The average Bonchev–Trinajstić information content (AvgIpc) is 2.93. The van der Waals surface area contributed by atoms with E-state index < -0.39 is 0 Å². The van der Waals surface area contributed by atoms with E-state index in [0.29, 0.717) is 13.2 Å². The summed E-state index contributed by atoms with van der Waals surface area (Å²) in [4.78, 5) is 2.17. The molecule has 4 rings (SSSR count). The van der Waals surface area contributed by atoms with Crippen LogP contribution in [0.3, 0.4) is 0 Å². The van der Waals surface area contributed by atoms with Gasteiger partial charge in [0.1, 0.15) is 11.6 Å². The van der Waals surface area contributed by atoms with Gasteiger partial charge in [0.2, 0.25) is 0 Å². The monoisotopic (exact) mass is 315 g/mol. The van der Waals surface area contributed by atoms with Crippen molar-refractivity contribution in [1.82, 2.24) is 0 Å². The molecule has 120 valence electrons. The van der Waals surface area contributed by atoms with Crippen LogP contribution in [0.15, 0.2) is 36.4 Å². The molecule has 0 saturated heterocycles. The van der Waals surface area contributed by atoms with Gasteiger partial charge in [0.15, 0.2) is 6.79 Å². The highest BCUT2D eigenvalue weighted by Gasteiger charge is 2.29. The zero-order valence-corrected chi connectivity index (χ0v) is 12.7. The van der Waals surface area contributed by atoms with E-state index in [2.05, 4.69) is 4.90 Å². The van der Waals surface area contributed by atoms with E-state index in [1.165, 1.54) is 12.1 Å². The Balaban J connectivity index is 1.68. The Morgan fingerprint density at radius 2 is 2.13 bits per heavy atom. The number of hydrogen-bond acceptors (Lipinski definition) is 4. The number of ether oxygens (including phenoxy) is 2. The summed E-state index contributed by atoms with van der Waals surface area (Å²) in [5.74, 6) is 0.543. The minimum absolute atomic E-state index is 0.0971. The Kier molecular flexibility index (Phi) is 3.67. The highest BCUT2D eigenvalue weighted by molar-refractivity contribution is 5.61. The van der Waals surface area contributed by atoms with Gasteiger partial charge >= 0.3 is 0 Å². The first kappa shape index (κ1) is 14.5. The van der Waals surface area contributed by atoms with Crippen molar-refractivity contribution in [2.45, 2.75) is 19.1 Å². The molecule has 0 spiro atoms. The first-order valence-electron chi connectivity index (χ1n) is 7.73. The molecule has 2 heterocycles. The van der Waals surface area contributed by atoms with Crippen molar-refractivity contribution in [2.24, 2.45) is 0 Å². The molecule has 2 aliphatic heterocycles. The Hall–Kier alpha value is -2.11. The molecule has 0 aliphatic carbocycles. The Morgan fingerprint density at radius 1 is 1.26 bits per heavy atom. The largest absolute Gasteiger partial charge is 0.467 e. The molecule has 1 unspecified atom stereocenters. The molecule has 0 radical (unpaired) electrons. The van der Waals surface area contributed by atoms with Crippen molar-refractivity contribution in [1.29, 1.82) is 0 Å². The summed E-state index contributed by atoms with van der Waals surface area (Å²) in [6.45, 7) is 1.95. The summed E-state index contributed by atoms with van der Waals surface area (Å²) in [6.07, 6.45) is 0. The zero-order chi connectivity index (χ0) is 15.8. The third-order valence-electron chi connectivity index (χ3n) is 4.49. The van der Waals surface area contributed by atoms with Crippen molar-refractivity contribution in [3.63, 3.8) is 0 Å². The van der Waals surface area contributed by atoms with E-state index in [1.54, 1.807) is 0 Å². The molecule has 0 bridgehead atoms. The highest BCUT2D eigenvalue weighted by atomic mass is 19.1. The maximum atomic E-state index is 13.9. The van der Waals surface area contributed by atoms with Crippen molar-refractivity contribution in [3.8, 4) is 5.75 Å². The summed E-state index contributed by atoms with van der Waals surface area (Å²) in [6, 6.07) is 11.0. The highest BCUT2D eigenvalue weighted by Crippen LogP contribution is 2.38. The number of rotatable bonds is 3. The van der Waals surface area contributed by atoms with Crippen LogP contribution in [-0.4, -0.2) is 25.1 Å². The number of halogens is 1. The second-order valence-electron chi connectivity index (χ2n) is 5.98. The van der Waals surface area contributed by atoms with E-state index >= 15 is 0 Å². The van der Waals surface area contributed by atoms with Crippen LogP contribution in [0.2, 0.25) is 0 Å². The van der Waals surface area contributed by atoms with Gasteiger partial charge in [-0.05, 0) is 23.8 Å². The number of benzene rings is 2. The predicted molar refractivity (Wildman–Crippen MR) is 84.0 cm³/mol.